The Balaban J connectivity index is 2.57. The van der Waals surface area contributed by atoms with Gasteiger partial charge in [-0.05, 0) is 40.5 Å². The highest BCUT2D eigenvalue weighted by Gasteiger charge is 2.08. The molecule has 17 heavy (non-hydrogen) atoms. The Morgan fingerprint density at radius 3 is 2.88 bits per heavy atom. The third-order valence-corrected chi connectivity index (χ3v) is 2.79. The van der Waals surface area contributed by atoms with E-state index in [1.54, 1.807) is 31.4 Å². The molecule has 0 aliphatic carbocycles. The van der Waals surface area contributed by atoms with Crippen molar-refractivity contribution in [1.82, 2.24) is 0 Å². The van der Waals surface area contributed by atoms with Gasteiger partial charge in [0.1, 0.15) is 12.4 Å². The fraction of sp³-hybridized carbons (Fsp3) is 0.308. The zero-order chi connectivity index (χ0) is 12.7. The van der Waals surface area contributed by atoms with Gasteiger partial charge in [0.15, 0.2) is 5.78 Å². The molecule has 92 valence electrons. The van der Waals surface area contributed by atoms with Gasteiger partial charge in [0, 0.05) is 5.56 Å². The van der Waals surface area contributed by atoms with Crippen LogP contribution in [0, 0.1) is 0 Å². The standard InChI is InChI=1S/C13H15BrO3/c1-3-4-7-17-9-12(15)10-5-6-13(16-2)11(14)8-10/h3,5-6,8H,1,4,7,9H2,2H3. The van der Waals surface area contributed by atoms with Crippen LogP contribution in [0.25, 0.3) is 0 Å². The molecule has 0 aliphatic rings. The van der Waals surface area contributed by atoms with Crippen molar-refractivity contribution in [2.24, 2.45) is 0 Å². The summed E-state index contributed by atoms with van der Waals surface area (Å²) >= 11 is 3.34. The van der Waals surface area contributed by atoms with Gasteiger partial charge in [0.2, 0.25) is 0 Å². The lowest BCUT2D eigenvalue weighted by Gasteiger charge is -2.06. The SMILES string of the molecule is C=CCCOCC(=O)c1ccc(OC)c(Br)c1. The number of benzene rings is 1. The Kier molecular flexibility index (Phi) is 5.94. The van der Waals surface area contributed by atoms with Gasteiger partial charge in [-0.15, -0.1) is 6.58 Å². The number of ether oxygens (including phenoxy) is 2. The quantitative estimate of drug-likeness (QED) is 0.440. The third kappa shape index (κ3) is 4.32. The summed E-state index contributed by atoms with van der Waals surface area (Å²) < 4.78 is 11.1. The Morgan fingerprint density at radius 1 is 1.53 bits per heavy atom. The van der Waals surface area contributed by atoms with E-state index in [0.29, 0.717) is 17.9 Å². The van der Waals surface area contributed by atoms with Crippen LogP contribution in [0.4, 0.5) is 0 Å². The molecule has 0 radical (unpaired) electrons. The molecule has 0 aliphatic heterocycles. The van der Waals surface area contributed by atoms with Crippen LogP contribution in [0.2, 0.25) is 0 Å². The number of carbonyl (C=O) groups excluding carboxylic acids is 1. The molecule has 0 unspecified atom stereocenters. The first-order valence-corrected chi connectivity index (χ1v) is 6.03. The van der Waals surface area contributed by atoms with Gasteiger partial charge < -0.3 is 9.47 Å². The molecular weight excluding hydrogens is 284 g/mol. The van der Waals surface area contributed by atoms with E-state index in [1.807, 2.05) is 0 Å². The second kappa shape index (κ2) is 7.25. The average molecular weight is 299 g/mol. The van der Waals surface area contributed by atoms with E-state index in [4.69, 9.17) is 9.47 Å². The number of hydrogen-bond acceptors (Lipinski definition) is 3. The number of ketones is 1. The molecule has 4 heteroatoms. The van der Waals surface area contributed by atoms with E-state index in [-0.39, 0.29) is 12.4 Å². The zero-order valence-corrected chi connectivity index (χ0v) is 11.3. The molecule has 1 aromatic rings. The van der Waals surface area contributed by atoms with Crippen molar-refractivity contribution in [2.75, 3.05) is 20.3 Å². The lowest BCUT2D eigenvalue weighted by molar-refractivity contribution is 0.0768. The molecule has 0 spiro atoms. The second-order valence-electron chi connectivity index (χ2n) is 3.40. The number of carbonyl (C=O) groups is 1. The van der Waals surface area contributed by atoms with Crippen molar-refractivity contribution in [1.29, 1.82) is 0 Å². The van der Waals surface area contributed by atoms with E-state index < -0.39 is 0 Å². The van der Waals surface area contributed by atoms with Crippen LogP contribution in [0.15, 0.2) is 35.3 Å². The normalized spacial score (nSPS) is 10.0. The fourth-order valence-electron chi connectivity index (χ4n) is 1.25. The second-order valence-corrected chi connectivity index (χ2v) is 4.26. The molecule has 0 saturated heterocycles. The van der Waals surface area contributed by atoms with Crippen molar-refractivity contribution in [3.63, 3.8) is 0 Å². The highest BCUT2D eigenvalue weighted by molar-refractivity contribution is 9.10. The maximum Gasteiger partial charge on any atom is 0.188 e. The third-order valence-electron chi connectivity index (χ3n) is 2.17. The number of halogens is 1. The first-order chi connectivity index (χ1) is 8.19. The van der Waals surface area contributed by atoms with Gasteiger partial charge in [0.05, 0.1) is 18.2 Å². The number of methoxy groups -OCH3 is 1. The summed E-state index contributed by atoms with van der Waals surface area (Å²) in [5.41, 5.74) is 0.608. The minimum absolute atomic E-state index is 0.0441. The molecule has 0 saturated carbocycles. The lowest BCUT2D eigenvalue weighted by atomic mass is 10.1. The smallest absolute Gasteiger partial charge is 0.188 e. The molecule has 1 aromatic carbocycles. The maximum atomic E-state index is 11.7. The van der Waals surface area contributed by atoms with Crippen molar-refractivity contribution in [3.05, 3.63) is 40.9 Å². The molecule has 0 bridgehead atoms. The predicted molar refractivity (Wildman–Crippen MR) is 70.7 cm³/mol. The Bertz CT molecular complexity index is 402. The first kappa shape index (κ1) is 13.9. The van der Waals surface area contributed by atoms with Crippen molar-refractivity contribution >= 4 is 21.7 Å². The summed E-state index contributed by atoms with van der Waals surface area (Å²) in [6, 6.07) is 5.21. The predicted octanol–water partition coefficient (Wildman–Crippen LogP) is 3.23. The van der Waals surface area contributed by atoms with E-state index in [1.165, 1.54) is 0 Å². The summed E-state index contributed by atoms with van der Waals surface area (Å²) in [6.45, 7) is 4.19. The van der Waals surface area contributed by atoms with Gasteiger partial charge in [-0.3, -0.25) is 4.79 Å². The molecule has 1 rings (SSSR count). The van der Waals surface area contributed by atoms with Crippen molar-refractivity contribution < 1.29 is 14.3 Å². The van der Waals surface area contributed by atoms with Gasteiger partial charge in [-0.2, -0.15) is 0 Å². The van der Waals surface area contributed by atoms with Crippen molar-refractivity contribution in [3.8, 4) is 5.75 Å². The zero-order valence-electron chi connectivity index (χ0n) is 9.74. The molecule has 0 amide bonds. The highest BCUT2D eigenvalue weighted by atomic mass is 79.9. The summed E-state index contributed by atoms with van der Waals surface area (Å²) in [4.78, 5) is 11.7. The van der Waals surface area contributed by atoms with Crippen LogP contribution in [0.5, 0.6) is 5.75 Å². The Hall–Kier alpha value is -1.13. The molecule has 0 atom stereocenters. The van der Waals surface area contributed by atoms with E-state index in [2.05, 4.69) is 22.5 Å². The van der Waals surface area contributed by atoms with Gasteiger partial charge in [-0.1, -0.05) is 6.08 Å². The Labute approximate surface area is 110 Å². The van der Waals surface area contributed by atoms with Crippen LogP contribution < -0.4 is 4.74 Å². The van der Waals surface area contributed by atoms with Crippen LogP contribution in [0.1, 0.15) is 16.8 Å². The monoisotopic (exact) mass is 298 g/mol. The molecular formula is C13H15BrO3. The molecule has 0 heterocycles. The van der Waals surface area contributed by atoms with Gasteiger partial charge in [-0.25, -0.2) is 0 Å². The maximum absolute atomic E-state index is 11.7. The number of rotatable bonds is 7. The van der Waals surface area contributed by atoms with E-state index >= 15 is 0 Å². The van der Waals surface area contributed by atoms with Crippen LogP contribution >= 0.6 is 15.9 Å². The molecule has 0 aromatic heterocycles. The van der Waals surface area contributed by atoms with E-state index in [9.17, 15) is 4.79 Å². The number of hydrogen-bond donors (Lipinski definition) is 0. The molecule has 0 fully saturated rings. The minimum atomic E-state index is -0.0441. The molecule has 0 N–H and O–H groups in total. The largest absolute Gasteiger partial charge is 0.496 e. The average Bonchev–Trinajstić information content (AvgIpc) is 2.34. The summed E-state index contributed by atoms with van der Waals surface area (Å²) in [6.07, 6.45) is 2.51. The minimum Gasteiger partial charge on any atom is -0.496 e. The fourth-order valence-corrected chi connectivity index (χ4v) is 1.80. The highest BCUT2D eigenvalue weighted by Crippen LogP contribution is 2.25. The van der Waals surface area contributed by atoms with Crippen molar-refractivity contribution in [2.45, 2.75) is 6.42 Å². The first-order valence-electron chi connectivity index (χ1n) is 5.24. The Morgan fingerprint density at radius 2 is 2.29 bits per heavy atom. The van der Waals surface area contributed by atoms with Gasteiger partial charge >= 0.3 is 0 Å². The topological polar surface area (TPSA) is 35.5 Å². The molecule has 3 nitrogen and oxygen atoms in total. The van der Waals surface area contributed by atoms with Crippen LogP contribution in [-0.4, -0.2) is 26.1 Å². The number of Topliss-reactive ketones (excluding diaryl/α,β-unsaturated/α-hetero) is 1. The van der Waals surface area contributed by atoms with E-state index in [0.717, 1.165) is 10.9 Å². The van der Waals surface area contributed by atoms with Crippen LogP contribution in [0.3, 0.4) is 0 Å². The lowest BCUT2D eigenvalue weighted by Crippen LogP contribution is -2.09. The summed E-state index contributed by atoms with van der Waals surface area (Å²) in [5.74, 6) is 0.659. The summed E-state index contributed by atoms with van der Waals surface area (Å²) in [7, 11) is 1.58. The van der Waals surface area contributed by atoms with Crippen LogP contribution in [-0.2, 0) is 4.74 Å². The summed E-state index contributed by atoms with van der Waals surface area (Å²) in [5, 5.41) is 0. The van der Waals surface area contributed by atoms with Gasteiger partial charge in [0.25, 0.3) is 0 Å².